The lowest BCUT2D eigenvalue weighted by Crippen LogP contribution is -1.85. The molecule has 0 radical (unpaired) electrons. The zero-order chi connectivity index (χ0) is 19.9. The Labute approximate surface area is 170 Å². The van der Waals surface area contributed by atoms with Gasteiger partial charge in [0.05, 0.1) is 22.6 Å². The van der Waals surface area contributed by atoms with E-state index < -0.39 is 0 Å². The first-order chi connectivity index (χ1) is 14.9. The van der Waals surface area contributed by atoms with Crippen molar-refractivity contribution < 1.29 is 0 Å². The van der Waals surface area contributed by atoms with Gasteiger partial charge >= 0.3 is 0 Å². The van der Waals surface area contributed by atoms with Crippen LogP contribution in [0.5, 0.6) is 0 Å². The maximum Gasteiger partial charge on any atom is 0.159 e. The summed E-state index contributed by atoms with van der Waals surface area (Å²) in [6.07, 6.45) is 12.5. The molecule has 0 aliphatic rings. The highest BCUT2D eigenvalue weighted by Gasteiger charge is 2.16. The highest BCUT2D eigenvalue weighted by atomic mass is 15.2. The molecule has 0 saturated carbocycles. The van der Waals surface area contributed by atoms with Crippen LogP contribution in [0.2, 0.25) is 0 Å². The van der Waals surface area contributed by atoms with E-state index in [0.717, 1.165) is 38.7 Å². The van der Waals surface area contributed by atoms with Crippen molar-refractivity contribution in [1.82, 2.24) is 40.1 Å². The van der Waals surface area contributed by atoms with Crippen LogP contribution < -0.4 is 0 Å². The third-order valence-corrected chi connectivity index (χ3v) is 5.02. The molecule has 142 valence electrons. The molecule has 6 aromatic heterocycles. The summed E-state index contributed by atoms with van der Waals surface area (Å²) in [6.45, 7) is 0. The molecule has 8 heteroatoms. The van der Waals surface area contributed by atoms with E-state index in [4.69, 9.17) is 4.98 Å². The molecule has 0 aromatic carbocycles. The normalized spacial score (nSPS) is 11.3. The Hall–Kier alpha value is -4.46. The van der Waals surface area contributed by atoms with Crippen LogP contribution in [0.25, 0.3) is 55.8 Å². The molecule has 0 aliphatic carbocycles. The predicted molar refractivity (Wildman–Crippen MR) is 113 cm³/mol. The second-order valence-corrected chi connectivity index (χ2v) is 6.84. The molecule has 6 aromatic rings. The SMILES string of the molecule is c1cncc(-c2cnc3[nH]nc(-c4nc5c(-c6ccncc6)cncc5[nH]4)c3c2)c1. The summed E-state index contributed by atoms with van der Waals surface area (Å²) < 4.78 is 0. The van der Waals surface area contributed by atoms with E-state index >= 15 is 0 Å². The summed E-state index contributed by atoms with van der Waals surface area (Å²) in [4.78, 5) is 25.4. The summed E-state index contributed by atoms with van der Waals surface area (Å²) in [5, 5.41) is 8.35. The fourth-order valence-corrected chi connectivity index (χ4v) is 3.56. The van der Waals surface area contributed by atoms with Gasteiger partial charge < -0.3 is 4.98 Å². The fraction of sp³-hybridized carbons (Fsp3) is 0. The topological polar surface area (TPSA) is 109 Å². The molecule has 0 bridgehead atoms. The number of aromatic amines is 2. The molecule has 0 saturated heterocycles. The minimum Gasteiger partial charge on any atom is -0.335 e. The quantitative estimate of drug-likeness (QED) is 0.472. The molecule has 0 atom stereocenters. The number of pyridine rings is 4. The Bertz CT molecular complexity index is 1490. The monoisotopic (exact) mass is 390 g/mol. The van der Waals surface area contributed by atoms with Crippen LogP contribution in [0.1, 0.15) is 0 Å². The Morgan fingerprint density at radius 3 is 2.57 bits per heavy atom. The van der Waals surface area contributed by atoms with Gasteiger partial charge in [0.25, 0.3) is 0 Å². The number of hydrogen-bond donors (Lipinski definition) is 2. The van der Waals surface area contributed by atoms with Crippen molar-refractivity contribution in [3.63, 3.8) is 0 Å². The summed E-state index contributed by atoms with van der Waals surface area (Å²) in [7, 11) is 0. The average Bonchev–Trinajstić information content (AvgIpc) is 3.43. The second-order valence-electron chi connectivity index (χ2n) is 6.84. The molecule has 0 unspecified atom stereocenters. The zero-order valence-electron chi connectivity index (χ0n) is 15.6. The standard InChI is InChI=1S/C22H14N8/c1-2-14(9-24-5-1)15-8-16-20(29-30-21(16)26-10-15)22-27-18-12-25-11-17(19(18)28-22)13-3-6-23-7-4-13/h1-12H,(H,27,28)(H,26,29,30). The Balaban J connectivity index is 1.52. The first-order valence-corrected chi connectivity index (χ1v) is 9.36. The van der Waals surface area contributed by atoms with Crippen LogP contribution in [0.3, 0.4) is 0 Å². The van der Waals surface area contributed by atoms with Gasteiger partial charge in [0.2, 0.25) is 0 Å². The van der Waals surface area contributed by atoms with Crippen LogP contribution in [0, 0.1) is 0 Å². The summed E-state index contributed by atoms with van der Waals surface area (Å²) in [5.41, 5.74) is 6.98. The number of aromatic nitrogens is 8. The molecule has 8 nitrogen and oxygen atoms in total. The highest BCUT2D eigenvalue weighted by molar-refractivity contribution is 5.96. The van der Waals surface area contributed by atoms with Gasteiger partial charge in [-0.05, 0) is 29.8 Å². The van der Waals surface area contributed by atoms with E-state index in [9.17, 15) is 0 Å². The first-order valence-electron chi connectivity index (χ1n) is 9.36. The van der Waals surface area contributed by atoms with Crippen LogP contribution in [0.4, 0.5) is 0 Å². The smallest absolute Gasteiger partial charge is 0.159 e. The van der Waals surface area contributed by atoms with E-state index in [1.165, 1.54) is 0 Å². The maximum absolute atomic E-state index is 4.85. The van der Waals surface area contributed by atoms with Crippen LogP contribution in [-0.2, 0) is 0 Å². The van der Waals surface area contributed by atoms with Crippen LogP contribution in [-0.4, -0.2) is 40.1 Å². The molecule has 0 fully saturated rings. The molecule has 6 rings (SSSR count). The van der Waals surface area contributed by atoms with E-state index in [1.54, 1.807) is 24.8 Å². The number of nitrogens with zero attached hydrogens (tertiary/aromatic N) is 6. The van der Waals surface area contributed by atoms with Gasteiger partial charge in [0.1, 0.15) is 5.69 Å². The lowest BCUT2D eigenvalue weighted by atomic mass is 10.1. The summed E-state index contributed by atoms with van der Waals surface area (Å²) in [6, 6.07) is 9.84. The number of fused-ring (bicyclic) bond motifs is 2. The summed E-state index contributed by atoms with van der Waals surface area (Å²) >= 11 is 0. The Morgan fingerprint density at radius 1 is 0.767 bits per heavy atom. The van der Waals surface area contributed by atoms with E-state index in [0.29, 0.717) is 17.2 Å². The van der Waals surface area contributed by atoms with Gasteiger partial charge in [-0.1, -0.05) is 6.07 Å². The molecule has 30 heavy (non-hydrogen) atoms. The van der Waals surface area contributed by atoms with Crippen molar-refractivity contribution >= 4 is 22.1 Å². The van der Waals surface area contributed by atoms with Gasteiger partial charge in [-0.3, -0.25) is 20.1 Å². The molecular formula is C22H14N8. The van der Waals surface area contributed by atoms with Gasteiger partial charge in [0.15, 0.2) is 11.5 Å². The second kappa shape index (κ2) is 6.56. The predicted octanol–water partition coefficient (Wildman–Crippen LogP) is 4.02. The largest absolute Gasteiger partial charge is 0.335 e. The van der Waals surface area contributed by atoms with Crippen molar-refractivity contribution in [2.45, 2.75) is 0 Å². The van der Waals surface area contributed by atoms with Crippen molar-refractivity contribution in [2.24, 2.45) is 0 Å². The van der Waals surface area contributed by atoms with Crippen LogP contribution >= 0.6 is 0 Å². The Morgan fingerprint density at radius 2 is 1.70 bits per heavy atom. The summed E-state index contributed by atoms with van der Waals surface area (Å²) in [5.74, 6) is 0.657. The minimum absolute atomic E-state index is 0.657. The average molecular weight is 390 g/mol. The number of hydrogen-bond acceptors (Lipinski definition) is 6. The van der Waals surface area contributed by atoms with Gasteiger partial charge in [-0.25, -0.2) is 9.97 Å². The third-order valence-electron chi connectivity index (χ3n) is 5.02. The van der Waals surface area contributed by atoms with Crippen molar-refractivity contribution in [3.05, 3.63) is 73.7 Å². The number of nitrogens with one attached hydrogen (secondary N) is 2. The van der Waals surface area contributed by atoms with Gasteiger partial charge in [0, 0.05) is 53.9 Å². The lowest BCUT2D eigenvalue weighted by Gasteiger charge is -2.01. The third kappa shape index (κ3) is 2.62. The number of H-pyrrole nitrogens is 2. The molecular weight excluding hydrogens is 376 g/mol. The van der Waals surface area contributed by atoms with Crippen molar-refractivity contribution in [1.29, 1.82) is 0 Å². The minimum atomic E-state index is 0.657. The number of imidazole rings is 1. The van der Waals surface area contributed by atoms with Gasteiger partial charge in [-0.2, -0.15) is 5.10 Å². The van der Waals surface area contributed by atoms with E-state index in [2.05, 4.69) is 35.1 Å². The highest BCUT2D eigenvalue weighted by Crippen LogP contribution is 2.31. The van der Waals surface area contributed by atoms with Gasteiger partial charge in [-0.15, -0.1) is 0 Å². The molecule has 2 N–H and O–H groups in total. The molecule has 0 aliphatic heterocycles. The van der Waals surface area contributed by atoms with Crippen LogP contribution in [0.15, 0.2) is 73.7 Å². The lowest BCUT2D eigenvalue weighted by molar-refractivity contribution is 1.09. The van der Waals surface area contributed by atoms with Crippen molar-refractivity contribution in [3.8, 4) is 33.8 Å². The Kier molecular flexibility index (Phi) is 3.60. The fourth-order valence-electron chi connectivity index (χ4n) is 3.56. The van der Waals surface area contributed by atoms with E-state index in [1.807, 2.05) is 48.9 Å². The van der Waals surface area contributed by atoms with Crippen molar-refractivity contribution in [2.75, 3.05) is 0 Å². The zero-order valence-corrected chi connectivity index (χ0v) is 15.6. The first kappa shape index (κ1) is 16.5. The maximum atomic E-state index is 4.85. The molecule has 6 heterocycles. The number of rotatable bonds is 3. The molecule has 0 spiro atoms. The molecule has 0 amide bonds. The van der Waals surface area contributed by atoms with E-state index in [-0.39, 0.29) is 0 Å².